The van der Waals surface area contributed by atoms with Crippen LogP contribution >= 0.6 is 0 Å². The molecule has 0 radical (unpaired) electrons. The van der Waals surface area contributed by atoms with Crippen LogP contribution in [0.3, 0.4) is 0 Å². The van der Waals surface area contributed by atoms with Gasteiger partial charge in [0.1, 0.15) is 5.54 Å². The van der Waals surface area contributed by atoms with Crippen molar-refractivity contribution >= 4 is 0 Å². The SMILES string of the molecule is CC(C)N(CCN)C1(C#N)CC1. The fraction of sp³-hybridized carbons (Fsp3) is 0.889. The van der Waals surface area contributed by atoms with Crippen LogP contribution in [-0.2, 0) is 0 Å². The van der Waals surface area contributed by atoms with Gasteiger partial charge in [0, 0.05) is 19.1 Å². The highest BCUT2D eigenvalue weighted by Crippen LogP contribution is 2.41. The second-order valence-corrected chi connectivity index (χ2v) is 3.72. The van der Waals surface area contributed by atoms with Gasteiger partial charge in [-0.05, 0) is 26.7 Å². The second kappa shape index (κ2) is 3.42. The summed E-state index contributed by atoms with van der Waals surface area (Å²) < 4.78 is 0. The highest BCUT2D eigenvalue weighted by atomic mass is 15.2. The van der Waals surface area contributed by atoms with Crippen molar-refractivity contribution in [2.75, 3.05) is 13.1 Å². The molecule has 0 bridgehead atoms. The predicted octanol–water partition coefficient (Wildman–Crippen LogP) is 0.712. The molecule has 0 heterocycles. The predicted molar refractivity (Wildman–Crippen MR) is 48.5 cm³/mol. The van der Waals surface area contributed by atoms with Gasteiger partial charge in [0.05, 0.1) is 6.07 Å². The molecule has 0 unspecified atom stereocenters. The van der Waals surface area contributed by atoms with Crippen LogP contribution in [0.2, 0.25) is 0 Å². The molecule has 1 saturated carbocycles. The van der Waals surface area contributed by atoms with E-state index in [4.69, 9.17) is 11.0 Å². The van der Waals surface area contributed by atoms with E-state index >= 15 is 0 Å². The lowest BCUT2D eigenvalue weighted by molar-refractivity contribution is 0.176. The van der Waals surface area contributed by atoms with Gasteiger partial charge in [-0.2, -0.15) is 5.26 Å². The van der Waals surface area contributed by atoms with Crippen LogP contribution < -0.4 is 5.73 Å². The van der Waals surface area contributed by atoms with Gasteiger partial charge in [0.15, 0.2) is 0 Å². The molecule has 0 aromatic rings. The standard InChI is InChI=1S/C9H17N3/c1-8(2)12(6-5-10)9(7-11)3-4-9/h8H,3-6,10H2,1-2H3. The lowest BCUT2D eigenvalue weighted by atomic mass is 10.2. The molecule has 0 aliphatic heterocycles. The van der Waals surface area contributed by atoms with E-state index in [1.165, 1.54) is 0 Å². The highest BCUT2D eigenvalue weighted by Gasteiger charge is 2.49. The average Bonchev–Trinajstić information content (AvgIpc) is 2.80. The van der Waals surface area contributed by atoms with Crippen LogP contribution in [-0.4, -0.2) is 29.6 Å². The number of nitrogens with zero attached hydrogens (tertiary/aromatic N) is 2. The Labute approximate surface area is 74.1 Å². The van der Waals surface area contributed by atoms with Crippen LogP contribution in [0, 0.1) is 11.3 Å². The van der Waals surface area contributed by atoms with Crippen LogP contribution in [0.4, 0.5) is 0 Å². The molecule has 0 spiro atoms. The minimum atomic E-state index is -0.159. The van der Waals surface area contributed by atoms with Gasteiger partial charge in [-0.1, -0.05) is 0 Å². The molecule has 2 N–H and O–H groups in total. The zero-order valence-corrected chi connectivity index (χ0v) is 7.88. The van der Waals surface area contributed by atoms with Gasteiger partial charge < -0.3 is 5.73 Å². The van der Waals surface area contributed by atoms with E-state index in [0.717, 1.165) is 19.4 Å². The van der Waals surface area contributed by atoms with Crippen molar-refractivity contribution in [2.24, 2.45) is 5.73 Å². The zero-order valence-electron chi connectivity index (χ0n) is 7.88. The van der Waals surface area contributed by atoms with Crippen LogP contribution in [0.15, 0.2) is 0 Å². The third kappa shape index (κ3) is 1.60. The maximum atomic E-state index is 8.97. The summed E-state index contributed by atoms with van der Waals surface area (Å²) >= 11 is 0. The maximum Gasteiger partial charge on any atom is 0.109 e. The quantitative estimate of drug-likeness (QED) is 0.671. The second-order valence-electron chi connectivity index (χ2n) is 3.72. The molecule has 1 aliphatic rings. The smallest absolute Gasteiger partial charge is 0.109 e. The van der Waals surface area contributed by atoms with Crippen LogP contribution in [0.5, 0.6) is 0 Å². The summed E-state index contributed by atoms with van der Waals surface area (Å²) in [5.41, 5.74) is 5.34. The molecule has 0 aromatic heterocycles. The largest absolute Gasteiger partial charge is 0.329 e. The van der Waals surface area contributed by atoms with Crippen molar-refractivity contribution in [3.8, 4) is 6.07 Å². The van der Waals surface area contributed by atoms with E-state index in [0.29, 0.717) is 12.6 Å². The Morgan fingerprint density at radius 3 is 2.42 bits per heavy atom. The first-order chi connectivity index (χ1) is 5.66. The lowest BCUT2D eigenvalue weighted by Crippen LogP contribution is -2.44. The Morgan fingerprint density at radius 1 is 1.58 bits per heavy atom. The third-order valence-electron chi connectivity index (χ3n) is 2.47. The Balaban J connectivity index is 2.60. The van der Waals surface area contributed by atoms with Crippen LogP contribution in [0.1, 0.15) is 26.7 Å². The maximum absolute atomic E-state index is 8.97. The van der Waals surface area contributed by atoms with E-state index in [-0.39, 0.29) is 5.54 Å². The van der Waals surface area contributed by atoms with Crippen molar-refractivity contribution in [2.45, 2.75) is 38.3 Å². The van der Waals surface area contributed by atoms with Gasteiger partial charge in [-0.15, -0.1) is 0 Å². The Kier molecular flexibility index (Phi) is 2.71. The number of rotatable bonds is 4. The molecule has 0 atom stereocenters. The van der Waals surface area contributed by atoms with Crippen molar-refractivity contribution in [3.05, 3.63) is 0 Å². The molecule has 12 heavy (non-hydrogen) atoms. The van der Waals surface area contributed by atoms with Crippen molar-refractivity contribution < 1.29 is 0 Å². The first-order valence-electron chi connectivity index (χ1n) is 4.54. The molecule has 68 valence electrons. The van der Waals surface area contributed by atoms with Gasteiger partial charge in [-0.3, -0.25) is 4.90 Å². The number of nitrogens with two attached hydrogens (primary N) is 1. The van der Waals surface area contributed by atoms with E-state index < -0.39 is 0 Å². The normalized spacial score (nSPS) is 19.7. The van der Waals surface area contributed by atoms with E-state index in [2.05, 4.69) is 24.8 Å². The molecular weight excluding hydrogens is 150 g/mol. The van der Waals surface area contributed by atoms with Crippen molar-refractivity contribution in [1.82, 2.24) is 4.90 Å². The van der Waals surface area contributed by atoms with Crippen LogP contribution in [0.25, 0.3) is 0 Å². The summed E-state index contributed by atoms with van der Waals surface area (Å²) in [5, 5.41) is 8.97. The topological polar surface area (TPSA) is 53.0 Å². The molecule has 1 rings (SSSR count). The van der Waals surface area contributed by atoms with Gasteiger partial charge in [-0.25, -0.2) is 0 Å². The van der Waals surface area contributed by atoms with Gasteiger partial charge in [0.2, 0.25) is 0 Å². The Bertz CT molecular complexity index is 188. The monoisotopic (exact) mass is 167 g/mol. The summed E-state index contributed by atoms with van der Waals surface area (Å²) in [5.74, 6) is 0. The first-order valence-corrected chi connectivity index (χ1v) is 4.54. The van der Waals surface area contributed by atoms with Crippen molar-refractivity contribution in [1.29, 1.82) is 5.26 Å². The molecule has 0 amide bonds. The number of hydrogen-bond acceptors (Lipinski definition) is 3. The number of hydrogen-bond donors (Lipinski definition) is 1. The highest BCUT2D eigenvalue weighted by molar-refractivity contribution is 5.19. The zero-order chi connectivity index (χ0) is 9.19. The fourth-order valence-corrected chi connectivity index (χ4v) is 1.69. The van der Waals surface area contributed by atoms with Crippen molar-refractivity contribution in [3.63, 3.8) is 0 Å². The third-order valence-corrected chi connectivity index (χ3v) is 2.47. The fourth-order valence-electron chi connectivity index (χ4n) is 1.69. The summed E-state index contributed by atoms with van der Waals surface area (Å²) in [7, 11) is 0. The van der Waals surface area contributed by atoms with Gasteiger partial charge >= 0.3 is 0 Å². The summed E-state index contributed by atoms with van der Waals surface area (Å²) in [6.45, 7) is 5.72. The first kappa shape index (κ1) is 9.50. The average molecular weight is 167 g/mol. The van der Waals surface area contributed by atoms with Gasteiger partial charge in [0.25, 0.3) is 0 Å². The molecule has 1 fully saturated rings. The Morgan fingerprint density at radius 2 is 2.17 bits per heavy atom. The molecule has 3 nitrogen and oxygen atoms in total. The summed E-state index contributed by atoms with van der Waals surface area (Å²) in [6.07, 6.45) is 2.03. The summed E-state index contributed by atoms with van der Waals surface area (Å²) in [6, 6.07) is 2.82. The Hall–Kier alpha value is -0.590. The van der Waals surface area contributed by atoms with E-state index in [1.54, 1.807) is 0 Å². The molecule has 0 saturated heterocycles. The molecular formula is C9H17N3. The lowest BCUT2D eigenvalue weighted by Gasteiger charge is -2.30. The van der Waals surface area contributed by atoms with E-state index in [9.17, 15) is 0 Å². The number of nitriles is 1. The molecule has 3 heteroatoms. The summed E-state index contributed by atoms with van der Waals surface area (Å²) in [4.78, 5) is 2.22. The minimum absolute atomic E-state index is 0.159. The van der Waals surface area contributed by atoms with E-state index in [1.807, 2.05) is 0 Å². The molecule has 1 aliphatic carbocycles. The minimum Gasteiger partial charge on any atom is -0.329 e. The molecule has 0 aromatic carbocycles.